The number of rotatable bonds is 5. The van der Waals surface area contributed by atoms with Gasteiger partial charge in [-0.1, -0.05) is 29.8 Å². The average molecular weight is 384 g/mol. The van der Waals surface area contributed by atoms with E-state index in [0.717, 1.165) is 22.4 Å². The van der Waals surface area contributed by atoms with Gasteiger partial charge in [0.1, 0.15) is 5.82 Å². The summed E-state index contributed by atoms with van der Waals surface area (Å²) in [6.45, 7) is 4.25. The zero-order chi connectivity index (χ0) is 19.4. The van der Waals surface area contributed by atoms with Gasteiger partial charge in [-0.25, -0.2) is 4.39 Å². The molecule has 0 bridgehead atoms. The second-order valence-electron chi connectivity index (χ2n) is 6.34. The summed E-state index contributed by atoms with van der Waals surface area (Å²) in [6.07, 6.45) is 3.13. The SMILES string of the molecule is Cc1cc(C)c(Nc2cncc(C(=O)NCc3ccc(F)cc3)c2)c(Cl)c1. The molecule has 0 aliphatic rings. The molecule has 0 aliphatic heterocycles. The zero-order valence-corrected chi connectivity index (χ0v) is 15.8. The highest BCUT2D eigenvalue weighted by atomic mass is 35.5. The van der Waals surface area contributed by atoms with Gasteiger partial charge in [-0.05, 0) is 54.8 Å². The summed E-state index contributed by atoms with van der Waals surface area (Å²) >= 11 is 6.33. The van der Waals surface area contributed by atoms with E-state index >= 15 is 0 Å². The monoisotopic (exact) mass is 383 g/mol. The van der Waals surface area contributed by atoms with Gasteiger partial charge in [0.2, 0.25) is 0 Å². The Kier molecular flexibility index (Phi) is 5.72. The van der Waals surface area contributed by atoms with Crippen LogP contribution in [-0.2, 0) is 6.54 Å². The van der Waals surface area contributed by atoms with Crippen molar-refractivity contribution in [2.24, 2.45) is 0 Å². The van der Waals surface area contributed by atoms with Crippen LogP contribution in [0.25, 0.3) is 0 Å². The first kappa shape index (κ1) is 18.9. The van der Waals surface area contributed by atoms with Crippen molar-refractivity contribution in [2.45, 2.75) is 20.4 Å². The van der Waals surface area contributed by atoms with Gasteiger partial charge in [-0.15, -0.1) is 0 Å². The maximum absolute atomic E-state index is 12.9. The lowest BCUT2D eigenvalue weighted by molar-refractivity contribution is 0.0950. The third-order valence-electron chi connectivity index (χ3n) is 4.07. The highest BCUT2D eigenvalue weighted by Gasteiger charge is 2.10. The maximum Gasteiger partial charge on any atom is 0.253 e. The van der Waals surface area contributed by atoms with E-state index in [0.29, 0.717) is 22.8 Å². The van der Waals surface area contributed by atoms with Crippen LogP contribution in [0, 0.1) is 19.7 Å². The molecule has 1 amide bonds. The molecule has 6 heteroatoms. The van der Waals surface area contributed by atoms with Crippen LogP contribution in [0.4, 0.5) is 15.8 Å². The molecule has 1 heterocycles. The van der Waals surface area contributed by atoms with Crippen LogP contribution < -0.4 is 10.6 Å². The number of carbonyl (C=O) groups is 1. The van der Waals surface area contributed by atoms with Crippen molar-refractivity contribution in [3.05, 3.63) is 88.0 Å². The third-order valence-corrected chi connectivity index (χ3v) is 4.37. The zero-order valence-electron chi connectivity index (χ0n) is 15.0. The summed E-state index contributed by atoms with van der Waals surface area (Å²) in [7, 11) is 0. The van der Waals surface area contributed by atoms with Gasteiger partial charge in [-0.2, -0.15) is 0 Å². The molecule has 0 unspecified atom stereocenters. The topological polar surface area (TPSA) is 54.0 Å². The van der Waals surface area contributed by atoms with Crippen molar-refractivity contribution in [2.75, 3.05) is 5.32 Å². The number of hydrogen-bond acceptors (Lipinski definition) is 3. The number of nitrogens with one attached hydrogen (secondary N) is 2. The fourth-order valence-corrected chi connectivity index (χ4v) is 3.11. The number of hydrogen-bond donors (Lipinski definition) is 2. The quantitative estimate of drug-likeness (QED) is 0.639. The Morgan fingerprint density at radius 3 is 2.56 bits per heavy atom. The van der Waals surface area contributed by atoms with Crippen molar-refractivity contribution in [3.63, 3.8) is 0 Å². The molecule has 0 fully saturated rings. The highest BCUT2D eigenvalue weighted by molar-refractivity contribution is 6.33. The lowest BCUT2D eigenvalue weighted by atomic mass is 10.1. The summed E-state index contributed by atoms with van der Waals surface area (Å²) in [5, 5.41) is 6.64. The number of aryl methyl sites for hydroxylation is 2. The standard InChI is InChI=1S/C21H19ClFN3O/c1-13-7-14(2)20(19(22)8-13)26-18-9-16(11-24-12-18)21(27)25-10-15-3-5-17(23)6-4-15/h3-9,11-12,26H,10H2,1-2H3,(H,25,27). The largest absolute Gasteiger partial charge is 0.353 e. The molecule has 0 atom stereocenters. The first-order chi connectivity index (χ1) is 12.9. The average Bonchev–Trinajstić information content (AvgIpc) is 2.64. The molecular formula is C21H19ClFN3O. The van der Waals surface area contributed by atoms with E-state index < -0.39 is 0 Å². The molecule has 0 radical (unpaired) electrons. The van der Waals surface area contributed by atoms with E-state index in [2.05, 4.69) is 15.6 Å². The molecule has 27 heavy (non-hydrogen) atoms. The van der Waals surface area contributed by atoms with Crippen LogP contribution in [0.1, 0.15) is 27.0 Å². The number of amides is 1. The second-order valence-corrected chi connectivity index (χ2v) is 6.74. The van der Waals surface area contributed by atoms with Gasteiger partial charge in [0.05, 0.1) is 28.2 Å². The van der Waals surface area contributed by atoms with Crippen molar-refractivity contribution in [1.29, 1.82) is 0 Å². The van der Waals surface area contributed by atoms with Crippen molar-refractivity contribution in [3.8, 4) is 0 Å². The Morgan fingerprint density at radius 1 is 1.11 bits per heavy atom. The molecule has 3 rings (SSSR count). The van der Waals surface area contributed by atoms with E-state index in [4.69, 9.17) is 11.6 Å². The summed E-state index contributed by atoms with van der Waals surface area (Å²) in [5.74, 6) is -0.569. The Hall–Kier alpha value is -2.92. The van der Waals surface area contributed by atoms with Crippen LogP contribution in [-0.4, -0.2) is 10.9 Å². The molecule has 1 aromatic heterocycles. The molecular weight excluding hydrogens is 365 g/mol. The highest BCUT2D eigenvalue weighted by Crippen LogP contribution is 2.30. The van der Waals surface area contributed by atoms with Gasteiger partial charge in [0, 0.05) is 12.7 Å². The molecule has 0 saturated heterocycles. The van der Waals surface area contributed by atoms with Crippen molar-refractivity contribution >= 4 is 28.9 Å². The number of pyridine rings is 1. The van der Waals surface area contributed by atoms with Crippen LogP contribution in [0.2, 0.25) is 5.02 Å². The van der Waals surface area contributed by atoms with E-state index in [1.165, 1.54) is 18.3 Å². The van der Waals surface area contributed by atoms with Crippen LogP contribution in [0.15, 0.2) is 54.9 Å². The molecule has 0 aliphatic carbocycles. The Labute approximate surface area is 162 Å². The number of carbonyl (C=O) groups excluding carboxylic acids is 1. The van der Waals surface area contributed by atoms with Gasteiger partial charge in [0.25, 0.3) is 5.91 Å². The molecule has 3 aromatic rings. The second kappa shape index (κ2) is 8.18. The normalized spacial score (nSPS) is 10.5. The minimum Gasteiger partial charge on any atom is -0.353 e. The smallest absolute Gasteiger partial charge is 0.253 e. The number of anilines is 2. The summed E-state index contributed by atoms with van der Waals surface area (Å²) in [4.78, 5) is 16.5. The van der Waals surface area contributed by atoms with E-state index in [9.17, 15) is 9.18 Å². The number of halogens is 2. The lowest BCUT2D eigenvalue weighted by Crippen LogP contribution is -2.23. The van der Waals surface area contributed by atoms with E-state index in [1.807, 2.05) is 26.0 Å². The van der Waals surface area contributed by atoms with Crippen molar-refractivity contribution in [1.82, 2.24) is 10.3 Å². The lowest BCUT2D eigenvalue weighted by Gasteiger charge is -2.13. The van der Waals surface area contributed by atoms with Crippen LogP contribution in [0.5, 0.6) is 0 Å². The first-order valence-electron chi connectivity index (χ1n) is 8.44. The molecule has 138 valence electrons. The molecule has 2 aromatic carbocycles. The van der Waals surface area contributed by atoms with Crippen molar-refractivity contribution < 1.29 is 9.18 Å². The Bertz CT molecular complexity index is 950. The third kappa shape index (κ3) is 4.83. The number of nitrogens with zero attached hydrogens (tertiary/aromatic N) is 1. The summed E-state index contributed by atoms with van der Waals surface area (Å²) in [5.41, 5.74) is 4.77. The number of benzene rings is 2. The summed E-state index contributed by atoms with van der Waals surface area (Å²) < 4.78 is 12.9. The predicted octanol–water partition coefficient (Wildman–Crippen LogP) is 5.16. The minimum atomic E-state index is -0.307. The number of aromatic nitrogens is 1. The first-order valence-corrected chi connectivity index (χ1v) is 8.81. The maximum atomic E-state index is 12.9. The van der Waals surface area contributed by atoms with Crippen LogP contribution >= 0.6 is 11.6 Å². The van der Waals surface area contributed by atoms with Gasteiger partial charge < -0.3 is 10.6 Å². The van der Waals surface area contributed by atoms with Gasteiger partial charge in [0.15, 0.2) is 0 Å². The summed E-state index contributed by atoms with van der Waals surface area (Å²) in [6, 6.07) is 11.6. The fourth-order valence-electron chi connectivity index (χ4n) is 2.74. The Morgan fingerprint density at radius 2 is 1.85 bits per heavy atom. The molecule has 2 N–H and O–H groups in total. The molecule has 4 nitrogen and oxygen atoms in total. The Balaban J connectivity index is 1.71. The predicted molar refractivity (Wildman–Crippen MR) is 106 cm³/mol. The van der Waals surface area contributed by atoms with E-state index in [1.54, 1.807) is 24.4 Å². The van der Waals surface area contributed by atoms with Gasteiger partial charge in [-0.3, -0.25) is 9.78 Å². The fraction of sp³-hybridized carbons (Fsp3) is 0.143. The molecule has 0 saturated carbocycles. The van der Waals surface area contributed by atoms with Gasteiger partial charge >= 0.3 is 0 Å². The minimum absolute atomic E-state index is 0.262. The molecule has 0 spiro atoms. The van der Waals surface area contributed by atoms with Crippen LogP contribution in [0.3, 0.4) is 0 Å². The van der Waals surface area contributed by atoms with E-state index in [-0.39, 0.29) is 11.7 Å².